The van der Waals surface area contributed by atoms with Gasteiger partial charge in [0, 0.05) is 30.6 Å². The van der Waals surface area contributed by atoms with Gasteiger partial charge in [-0.15, -0.1) is 11.3 Å². The van der Waals surface area contributed by atoms with Crippen LogP contribution in [0.1, 0.15) is 63.9 Å². The van der Waals surface area contributed by atoms with E-state index in [9.17, 15) is 0 Å². The Morgan fingerprint density at radius 2 is 2.14 bits per heavy atom. The van der Waals surface area contributed by atoms with Crippen molar-refractivity contribution in [1.82, 2.24) is 10.3 Å². The fourth-order valence-corrected chi connectivity index (χ4v) is 3.94. The van der Waals surface area contributed by atoms with E-state index in [4.69, 9.17) is 4.98 Å². The maximum atomic E-state index is 4.97. The van der Waals surface area contributed by atoms with Crippen LogP contribution in [0.15, 0.2) is 0 Å². The molecule has 0 spiro atoms. The second-order valence-electron chi connectivity index (χ2n) is 6.68. The predicted octanol–water partition coefficient (Wildman–Crippen LogP) is 4.22. The smallest absolute Gasteiger partial charge is 0.185 e. The summed E-state index contributed by atoms with van der Waals surface area (Å²) < 4.78 is 0. The summed E-state index contributed by atoms with van der Waals surface area (Å²) in [6.45, 7) is 12.4. The molecule has 0 radical (unpaired) electrons. The number of aromatic nitrogens is 1. The van der Waals surface area contributed by atoms with E-state index in [1.807, 2.05) is 11.3 Å². The quantitative estimate of drug-likeness (QED) is 0.853. The third-order valence-corrected chi connectivity index (χ3v) is 5.37. The van der Waals surface area contributed by atoms with E-state index in [1.165, 1.54) is 54.5 Å². The molecule has 1 aliphatic heterocycles. The van der Waals surface area contributed by atoms with Crippen molar-refractivity contribution in [2.45, 2.75) is 72.4 Å². The second kappa shape index (κ2) is 8.14. The van der Waals surface area contributed by atoms with Crippen molar-refractivity contribution in [3.8, 4) is 0 Å². The Labute approximate surface area is 134 Å². The van der Waals surface area contributed by atoms with E-state index >= 15 is 0 Å². The molecule has 0 aliphatic carbocycles. The van der Waals surface area contributed by atoms with Crippen LogP contribution in [-0.2, 0) is 13.0 Å². The Hall–Kier alpha value is -0.610. The molecule has 0 bridgehead atoms. The number of nitrogens with one attached hydrogen (secondary N) is 1. The van der Waals surface area contributed by atoms with Gasteiger partial charge in [0.15, 0.2) is 5.13 Å². The van der Waals surface area contributed by atoms with Gasteiger partial charge in [-0.1, -0.05) is 34.1 Å². The topological polar surface area (TPSA) is 28.2 Å². The highest BCUT2D eigenvalue weighted by atomic mass is 32.1. The molecular weight excluding hydrogens is 278 g/mol. The van der Waals surface area contributed by atoms with Crippen molar-refractivity contribution < 1.29 is 0 Å². The first-order valence-electron chi connectivity index (χ1n) is 8.57. The number of aryl methyl sites for hydroxylation is 1. The van der Waals surface area contributed by atoms with Crippen LogP contribution in [0.25, 0.3) is 0 Å². The Morgan fingerprint density at radius 1 is 1.33 bits per heavy atom. The summed E-state index contributed by atoms with van der Waals surface area (Å²) in [5.74, 6) is 0.868. The molecule has 1 saturated heterocycles. The lowest BCUT2D eigenvalue weighted by molar-refractivity contribution is 0.521. The number of anilines is 1. The minimum atomic E-state index is 0.532. The maximum absolute atomic E-state index is 4.97. The highest BCUT2D eigenvalue weighted by molar-refractivity contribution is 7.15. The highest BCUT2D eigenvalue weighted by Gasteiger charge is 2.19. The zero-order chi connectivity index (χ0) is 15.2. The third-order valence-electron chi connectivity index (χ3n) is 4.21. The monoisotopic (exact) mass is 309 g/mol. The van der Waals surface area contributed by atoms with Crippen LogP contribution in [0.3, 0.4) is 0 Å². The summed E-state index contributed by atoms with van der Waals surface area (Å²) in [6, 6.07) is 0.532. The minimum absolute atomic E-state index is 0.532. The summed E-state index contributed by atoms with van der Waals surface area (Å²) in [7, 11) is 0. The number of rotatable bonds is 6. The normalized spacial score (nSPS) is 20.0. The molecule has 4 heteroatoms. The average molecular weight is 310 g/mol. The van der Waals surface area contributed by atoms with Gasteiger partial charge in [0.1, 0.15) is 0 Å². The van der Waals surface area contributed by atoms with E-state index in [1.54, 1.807) is 0 Å². The molecule has 1 aromatic rings. The molecule has 2 heterocycles. The summed E-state index contributed by atoms with van der Waals surface area (Å²) in [5.41, 5.74) is 1.32. The van der Waals surface area contributed by atoms with E-state index in [0.29, 0.717) is 6.04 Å². The molecule has 0 amide bonds. The molecule has 1 aliphatic rings. The Balaban J connectivity index is 2.09. The number of hydrogen-bond donors (Lipinski definition) is 1. The maximum Gasteiger partial charge on any atom is 0.185 e. The van der Waals surface area contributed by atoms with Gasteiger partial charge in [-0.2, -0.15) is 0 Å². The van der Waals surface area contributed by atoms with Crippen LogP contribution < -0.4 is 10.2 Å². The summed E-state index contributed by atoms with van der Waals surface area (Å²) in [5, 5.41) is 4.81. The highest BCUT2D eigenvalue weighted by Crippen LogP contribution is 2.30. The minimum Gasteiger partial charge on any atom is -0.348 e. The van der Waals surface area contributed by atoms with E-state index in [2.05, 4.69) is 37.9 Å². The third kappa shape index (κ3) is 4.96. The van der Waals surface area contributed by atoms with E-state index in [-0.39, 0.29) is 0 Å². The van der Waals surface area contributed by atoms with Gasteiger partial charge < -0.3 is 10.2 Å². The first-order valence-corrected chi connectivity index (χ1v) is 9.38. The molecule has 2 rings (SSSR count). The van der Waals surface area contributed by atoms with E-state index in [0.717, 1.165) is 18.9 Å². The van der Waals surface area contributed by atoms with Gasteiger partial charge in [0.05, 0.1) is 5.69 Å². The average Bonchev–Trinajstić information content (AvgIpc) is 2.70. The predicted molar refractivity (Wildman–Crippen MR) is 93.3 cm³/mol. The molecular formula is C17H31N3S. The summed E-state index contributed by atoms with van der Waals surface area (Å²) >= 11 is 1.91. The molecule has 1 N–H and O–H groups in total. The molecule has 1 aromatic heterocycles. The second-order valence-corrected chi connectivity index (χ2v) is 7.74. The van der Waals surface area contributed by atoms with Crippen LogP contribution in [0.5, 0.6) is 0 Å². The Kier molecular flexibility index (Phi) is 6.49. The number of hydrogen-bond acceptors (Lipinski definition) is 4. The summed E-state index contributed by atoms with van der Waals surface area (Å²) in [6.07, 6.45) is 6.27. The SMILES string of the molecule is CCCc1nc(N2CCCC(C)CC2)sc1CNC(C)C. The Morgan fingerprint density at radius 3 is 2.86 bits per heavy atom. The first kappa shape index (κ1) is 16.8. The molecule has 1 unspecified atom stereocenters. The van der Waals surface area contributed by atoms with Crippen LogP contribution >= 0.6 is 11.3 Å². The van der Waals surface area contributed by atoms with Crippen molar-refractivity contribution in [3.05, 3.63) is 10.6 Å². The zero-order valence-electron chi connectivity index (χ0n) is 14.1. The van der Waals surface area contributed by atoms with Crippen LogP contribution in [0.4, 0.5) is 5.13 Å². The van der Waals surface area contributed by atoms with Gasteiger partial charge in [-0.3, -0.25) is 0 Å². The fourth-order valence-electron chi connectivity index (χ4n) is 2.83. The first-order chi connectivity index (χ1) is 10.1. The summed E-state index contributed by atoms with van der Waals surface area (Å²) in [4.78, 5) is 8.94. The van der Waals surface area contributed by atoms with Crippen molar-refractivity contribution in [2.24, 2.45) is 5.92 Å². The molecule has 120 valence electrons. The number of nitrogens with zero attached hydrogens (tertiary/aromatic N) is 2. The van der Waals surface area contributed by atoms with Crippen molar-refractivity contribution >= 4 is 16.5 Å². The molecule has 3 nitrogen and oxygen atoms in total. The van der Waals surface area contributed by atoms with E-state index < -0.39 is 0 Å². The molecule has 1 fully saturated rings. The van der Waals surface area contributed by atoms with Gasteiger partial charge in [-0.05, 0) is 31.6 Å². The van der Waals surface area contributed by atoms with Gasteiger partial charge >= 0.3 is 0 Å². The van der Waals surface area contributed by atoms with Crippen molar-refractivity contribution in [2.75, 3.05) is 18.0 Å². The Bertz CT molecular complexity index is 428. The largest absolute Gasteiger partial charge is 0.348 e. The van der Waals surface area contributed by atoms with Gasteiger partial charge in [0.2, 0.25) is 0 Å². The molecule has 0 saturated carbocycles. The molecule has 21 heavy (non-hydrogen) atoms. The van der Waals surface area contributed by atoms with Gasteiger partial charge in [0.25, 0.3) is 0 Å². The van der Waals surface area contributed by atoms with Gasteiger partial charge in [-0.25, -0.2) is 4.98 Å². The van der Waals surface area contributed by atoms with Crippen molar-refractivity contribution in [1.29, 1.82) is 0 Å². The van der Waals surface area contributed by atoms with Crippen LogP contribution in [-0.4, -0.2) is 24.1 Å². The standard InChI is InChI=1S/C17H31N3S/c1-5-7-15-16(12-18-13(2)3)21-17(19-15)20-10-6-8-14(4)9-11-20/h13-14,18H,5-12H2,1-4H3. The lowest BCUT2D eigenvalue weighted by Crippen LogP contribution is -2.23. The van der Waals surface area contributed by atoms with Crippen LogP contribution in [0.2, 0.25) is 0 Å². The fraction of sp³-hybridized carbons (Fsp3) is 0.824. The zero-order valence-corrected chi connectivity index (χ0v) is 14.9. The van der Waals surface area contributed by atoms with Crippen molar-refractivity contribution in [3.63, 3.8) is 0 Å². The number of thiazole rings is 1. The molecule has 0 aromatic carbocycles. The van der Waals surface area contributed by atoms with Crippen LogP contribution in [0, 0.1) is 5.92 Å². The lowest BCUT2D eigenvalue weighted by Gasteiger charge is -2.18. The lowest BCUT2D eigenvalue weighted by atomic mass is 10.0. The molecule has 1 atom stereocenters.